The number of halogens is 12. The summed E-state index contributed by atoms with van der Waals surface area (Å²) < 4.78 is 170. The van der Waals surface area contributed by atoms with E-state index in [2.05, 4.69) is 62.0 Å². The minimum absolute atomic E-state index is 0.107. The molecule has 2 amide bonds. The highest BCUT2D eigenvalue weighted by Crippen LogP contribution is 2.38. The maximum absolute atomic E-state index is 13.9. The Morgan fingerprint density at radius 2 is 0.777 bits per heavy atom. The SMILES string of the molecule is N=N/C(=C\Nc1ccc(C(=O)O)c(C(F)(F)F)c1)c1cc(C(=O)NCCCCNC(=O)c2cc(-c3cn(-c4ccc(C(=O)O)c(C(F)(F)F)c4)nn3)nc(-c3cn(-c4ccc(C(=O)O)c(C(F)(F)F)c4)nn3)c2)cc(-c2cn(-c3ccc(C(=O)O)c(C(F)(F)F)c3)nn2)n1. The molecule has 0 fully saturated rings. The number of amides is 2. The Balaban J connectivity index is 0.958. The van der Waals surface area contributed by atoms with Gasteiger partial charge in [-0.3, -0.25) is 9.59 Å². The lowest BCUT2D eigenvalue weighted by molar-refractivity contribution is -0.138. The monoisotopic (exact) mass is 1320 g/mol. The summed E-state index contributed by atoms with van der Waals surface area (Å²) >= 11 is 0. The van der Waals surface area contributed by atoms with E-state index in [0.717, 1.165) is 75.2 Å². The molecule has 26 nitrogen and oxygen atoms in total. The minimum Gasteiger partial charge on any atom is -0.478 e. The number of unbranched alkanes of at least 4 members (excludes halogenated alkanes) is 1. The van der Waals surface area contributed by atoms with Crippen LogP contribution in [0.25, 0.3) is 56.9 Å². The summed E-state index contributed by atoms with van der Waals surface area (Å²) in [6.07, 6.45) is -16.2. The van der Waals surface area contributed by atoms with Gasteiger partial charge in [0.05, 0.1) is 103 Å². The standard InChI is InChI=1S/C56H36F12N16O10/c57-53(58,59)35-17-27(3-7-31(35)49(87)88)72-21-43(75-69)39-13-25(14-40(73-39)44-22-82(79-76-44)28-4-8-32(50(89)90)36(18-28)54(60,61)62)47(85)70-11-1-2-12-71-48(86)26-15-41(45-23-83(80-77-45)29-5-9-33(51(91)92)37(19-29)55(63,64)65)74-42(16-26)46-24-84(81-78-46)30-6-10-34(52(93)94)38(20-30)56(66,67)68/h3-10,13-24,69,72H,1-2,11-12H2,(H,70,85)(H,71,86)(H,87,88)(H,89,90)(H,91,92)(H,93,94)/b43-21-,75-69?. The quantitative estimate of drug-likeness (QED) is 0.0188. The molecule has 5 heterocycles. The predicted octanol–water partition coefficient (Wildman–Crippen LogP) is 10.5. The number of alkyl halides is 12. The van der Waals surface area contributed by atoms with Crippen molar-refractivity contribution >= 4 is 47.1 Å². The maximum Gasteiger partial charge on any atom is 0.417 e. The predicted molar refractivity (Wildman–Crippen MR) is 294 cm³/mol. The molecule has 0 saturated heterocycles. The number of rotatable bonds is 21. The first-order valence-corrected chi connectivity index (χ1v) is 26.2. The van der Waals surface area contributed by atoms with Crippen molar-refractivity contribution in [2.24, 2.45) is 5.11 Å². The topological polar surface area (TPSA) is 374 Å². The van der Waals surface area contributed by atoms with E-state index in [9.17, 15) is 102 Å². The van der Waals surface area contributed by atoms with Crippen molar-refractivity contribution in [1.82, 2.24) is 65.6 Å². The molecule has 0 aliphatic rings. The molecule has 0 aliphatic carbocycles. The average molecular weight is 1320 g/mol. The van der Waals surface area contributed by atoms with Crippen LogP contribution in [0.3, 0.4) is 0 Å². The summed E-state index contributed by atoms with van der Waals surface area (Å²) in [7, 11) is 0. The van der Waals surface area contributed by atoms with Crippen LogP contribution in [0.2, 0.25) is 0 Å². The van der Waals surface area contributed by atoms with Gasteiger partial charge in [-0.05, 0) is 110 Å². The van der Waals surface area contributed by atoms with Crippen LogP contribution in [0, 0.1) is 5.53 Å². The van der Waals surface area contributed by atoms with Crippen molar-refractivity contribution in [3.05, 3.63) is 183 Å². The van der Waals surface area contributed by atoms with Gasteiger partial charge in [0.2, 0.25) is 0 Å². The third-order valence-corrected chi connectivity index (χ3v) is 13.3. The molecule has 0 aliphatic heterocycles. The number of carboxylic acid groups (broad SMARTS) is 4. The zero-order valence-electron chi connectivity index (χ0n) is 46.5. The average Bonchev–Trinajstić information content (AvgIpc) is 1.48. The molecular formula is C56H36F12N16O10. The van der Waals surface area contributed by atoms with Crippen molar-refractivity contribution in [3.8, 4) is 51.2 Å². The number of hydrogen-bond donors (Lipinski definition) is 8. The summed E-state index contributed by atoms with van der Waals surface area (Å²) in [5, 5.41) is 71.8. The van der Waals surface area contributed by atoms with Crippen molar-refractivity contribution < 1.29 is 102 Å². The molecule has 9 aromatic rings. The smallest absolute Gasteiger partial charge is 0.417 e. The number of anilines is 1. The number of hydrogen-bond acceptors (Lipinski definition) is 17. The molecule has 94 heavy (non-hydrogen) atoms. The Labute approximate surface area is 514 Å². The van der Waals surface area contributed by atoms with Gasteiger partial charge in [-0.1, -0.05) is 15.6 Å². The highest BCUT2D eigenvalue weighted by Gasteiger charge is 2.39. The summed E-state index contributed by atoms with van der Waals surface area (Å²) in [5.41, 5.74) is -6.45. The lowest BCUT2D eigenvalue weighted by atomic mass is 10.1. The number of aromatic carboxylic acids is 4. The van der Waals surface area contributed by atoms with E-state index in [4.69, 9.17) is 5.53 Å². The molecule has 8 N–H and O–H groups in total. The van der Waals surface area contributed by atoms with E-state index in [1.807, 2.05) is 0 Å². The van der Waals surface area contributed by atoms with Gasteiger partial charge in [0.25, 0.3) is 11.8 Å². The van der Waals surface area contributed by atoms with Gasteiger partial charge in [-0.15, -0.1) is 15.3 Å². The van der Waals surface area contributed by atoms with Crippen molar-refractivity contribution in [1.29, 1.82) is 5.53 Å². The molecular weight excluding hydrogens is 1280 g/mol. The van der Waals surface area contributed by atoms with Crippen LogP contribution in [0.15, 0.2) is 127 Å². The molecule has 38 heteroatoms. The van der Waals surface area contributed by atoms with Crippen molar-refractivity contribution in [3.63, 3.8) is 0 Å². The molecule has 0 radical (unpaired) electrons. The first-order chi connectivity index (χ1) is 44.2. The number of carbonyl (C=O) groups is 6. The molecule has 0 atom stereocenters. The van der Waals surface area contributed by atoms with Gasteiger partial charge in [0, 0.05) is 36.1 Å². The van der Waals surface area contributed by atoms with Crippen LogP contribution in [0.1, 0.15) is 103 Å². The summed E-state index contributed by atoms with van der Waals surface area (Å²) in [4.78, 5) is 82.9. The Kier molecular flexibility index (Phi) is 18.2. The first kappa shape index (κ1) is 66.1. The Morgan fingerprint density at radius 3 is 1.12 bits per heavy atom. The van der Waals surface area contributed by atoms with Crippen molar-refractivity contribution in [2.75, 3.05) is 18.4 Å². The second kappa shape index (κ2) is 25.9. The fourth-order valence-corrected chi connectivity index (χ4v) is 8.89. The lowest BCUT2D eigenvalue weighted by Gasteiger charge is -2.13. The van der Waals surface area contributed by atoms with Gasteiger partial charge < -0.3 is 36.4 Å². The van der Waals surface area contributed by atoms with Gasteiger partial charge in [-0.2, -0.15) is 57.8 Å². The van der Waals surface area contributed by atoms with Crippen LogP contribution >= 0.6 is 0 Å². The Bertz CT molecular complexity index is 4430. The van der Waals surface area contributed by atoms with Crippen LogP contribution in [-0.4, -0.2) is 124 Å². The molecule has 5 aromatic heterocycles. The van der Waals surface area contributed by atoms with Gasteiger partial charge in [-0.25, -0.2) is 48.7 Å². The number of carbonyl (C=O) groups excluding carboxylic acids is 2. The fraction of sp³-hybridized carbons (Fsp3) is 0.143. The van der Waals surface area contributed by atoms with Crippen molar-refractivity contribution in [2.45, 2.75) is 37.5 Å². The highest BCUT2D eigenvalue weighted by atomic mass is 19.4. The second-order valence-corrected chi connectivity index (χ2v) is 19.6. The third-order valence-electron chi connectivity index (χ3n) is 13.3. The fourth-order valence-electron chi connectivity index (χ4n) is 8.89. The van der Waals surface area contributed by atoms with Gasteiger partial charge in [0.15, 0.2) is 0 Å². The first-order valence-electron chi connectivity index (χ1n) is 26.2. The van der Waals surface area contributed by atoms with E-state index in [-0.39, 0.29) is 99.7 Å². The maximum atomic E-state index is 13.9. The number of benzene rings is 4. The Morgan fingerprint density at radius 1 is 0.447 bits per heavy atom. The summed E-state index contributed by atoms with van der Waals surface area (Å²) in [6, 6.07) is 13.1. The van der Waals surface area contributed by atoms with E-state index >= 15 is 0 Å². The molecule has 9 rings (SSSR count). The normalized spacial score (nSPS) is 12.1. The van der Waals surface area contributed by atoms with Crippen LogP contribution in [0.5, 0.6) is 0 Å². The van der Waals surface area contributed by atoms with Gasteiger partial charge in [0.1, 0.15) is 22.8 Å². The van der Waals surface area contributed by atoms with E-state index in [1.54, 1.807) is 0 Å². The van der Waals surface area contributed by atoms with Gasteiger partial charge >= 0.3 is 48.6 Å². The largest absolute Gasteiger partial charge is 0.478 e. The Hall–Kier alpha value is -12.3. The molecule has 4 aromatic carbocycles. The number of aromatic nitrogens is 11. The summed E-state index contributed by atoms with van der Waals surface area (Å²) in [6.45, 7) is -0.275. The van der Waals surface area contributed by atoms with E-state index < -0.39 is 111 Å². The van der Waals surface area contributed by atoms with E-state index in [1.165, 1.54) is 12.1 Å². The number of pyridine rings is 2. The van der Waals surface area contributed by atoms with Crippen LogP contribution in [-0.2, 0) is 24.7 Å². The van der Waals surface area contributed by atoms with Crippen LogP contribution < -0.4 is 16.0 Å². The second-order valence-electron chi connectivity index (χ2n) is 19.6. The molecule has 484 valence electrons. The number of nitrogens with one attached hydrogen (secondary N) is 4. The molecule has 0 bridgehead atoms. The lowest BCUT2D eigenvalue weighted by Crippen LogP contribution is -2.27. The van der Waals surface area contributed by atoms with Crippen LogP contribution in [0.4, 0.5) is 58.4 Å². The number of nitrogens with zero attached hydrogens (tertiary/aromatic N) is 12. The third kappa shape index (κ3) is 14.8. The molecule has 0 spiro atoms. The molecule has 0 saturated carbocycles. The highest BCUT2D eigenvalue weighted by molar-refractivity contribution is 5.97. The number of carboxylic acids is 4. The zero-order valence-corrected chi connectivity index (χ0v) is 46.5. The zero-order chi connectivity index (χ0) is 68.4. The molecule has 0 unspecified atom stereocenters. The summed E-state index contributed by atoms with van der Waals surface area (Å²) in [5.74, 6) is -9.21. The van der Waals surface area contributed by atoms with E-state index in [0.29, 0.717) is 48.5 Å². The minimum atomic E-state index is -5.14.